The maximum Gasteiger partial charge on any atom is 0.522 e. The number of benzene rings is 2. The molecule has 0 atom stereocenters. The summed E-state index contributed by atoms with van der Waals surface area (Å²) < 4.78 is 61.4. The molecule has 6 nitrogen and oxygen atoms in total. The molecule has 0 spiro atoms. The van der Waals surface area contributed by atoms with Crippen LogP contribution >= 0.6 is 0 Å². The maximum absolute atomic E-state index is 12.9. The van der Waals surface area contributed by atoms with Crippen molar-refractivity contribution in [2.75, 3.05) is 6.61 Å². The molecule has 0 saturated carbocycles. The third kappa shape index (κ3) is 5.14. The van der Waals surface area contributed by atoms with Crippen LogP contribution in [-0.2, 0) is 17.9 Å². The number of hydrogen-bond donors (Lipinski definition) is 0. The third-order valence-corrected chi connectivity index (χ3v) is 4.65. The molecular formula is C22H17F4N3O3. The summed E-state index contributed by atoms with van der Waals surface area (Å²) >= 11 is 0. The summed E-state index contributed by atoms with van der Waals surface area (Å²) in [6, 6.07) is 15.4. The van der Waals surface area contributed by atoms with Crippen LogP contribution in [0.3, 0.4) is 0 Å². The standard InChI is InChI=1S/C22H17F4N3O3/c23-18-6-8-19(9-7-18)31-12-11-29-21(30)28-13-17(5-10-20(28)27-29)16-3-1-15(2-4-16)14-32-22(24,25)26/h1-10,13H,11-12,14H2. The van der Waals surface area contributed by atoms with E-state index in [1.807, 2.05) is 0 Å². The molecular weight excluding hydrogens is 430 g/mol. The van der Waals surface area contributed by atoms with Crippen molar-refractivity contribution < 1.29 is 27.0 Å². The van der Waals surface area contributed by atoms with E-state index in [0.717, 1.165) is 5.56 Å². The first-order valence-electron chi connectivity index (χ1n) is 9.56. The molecule has 0 bridgehead atoms. The number of rotatable bonds is 7. The van der Waals surface area contributed by atoms with E-state index in [1.54, 1.807) is 30.5 Å². The van der Waals surface area contributed by atoms with Crippen molar-refractivity contribution in [1.82, 2.24) is 14.2 Å². The molecule has 2 aromatic heterocycles. The molecule has 10 heteroatoms. The van der Waals surface area contributed by atoms with Crippen LogP contribution in [0.4, 0.5) is 17.6 Å². The van der Waals surface area contributed by atoms with Gasteiger partial charge in [-0.2, -0.15) is 0 Å². The highest BCUT2D eigenvalue weighted by Gasteiger charge is 2.28. The summed E-state index contributed by atoms with van der Waals surface area (Å²) in [4.78, 5) is 12.7. The molecule has 2 aromatic carbocycles. The normalized spacial score (nSPS) is 11.8. The Kier molecular flexibility index (Phi) is 5.95. The van der Waals surface area contributed by atoms with Gasteiger partial charge in [-0.25, -0.2) is 18.3 Å². The fourth-order valence-corrected chi connectivity index (χ4v) is 3.07. The van der Waals surface area contributed by atoms with Gasteiger partial charge in [-0.15, -0.1) is 18.3 Å². The molecule has 2 heterocycles. The van der Waals surface area contributed by atoms with Crippen molar-refractivity contribution >= 4 is 5.65 Å². The predicted molar refractivity (Wildman–Crippen MR) is 108 cm³/mol. The Morgan fingerprint density at radius 2 is 1.59 bits per heavy atom. The summed E-state index contributed by atoms with van der Waals surface area (Å²) in [6.07, 6.45) is -3.07. The molecule has 4 aromatic rings. The third-order valence-electron chi connectivity index (χ3n) is 4.65. The lowest BCUT2D eigenvalue weighted by molar-refractivity contribution is -0.330. The Balaban J connectivity index is 1.46. The maximum atomic E-state index is 12.9. The van der Waals surface area contributed by atoms with E-state index >= 15 is 0 Å². The molecule has 0 amide bonds. The Bertz CT molecular complexity index is 1260. The lowest BCUT2D eigenvalue weighted by Gasteiger charge is -2.08. The Morgan fingerprint density at radius 1 is 0.906 bits per heavy atom. The van der Waals surface area contributed by atoms with Crippen LogP contribution in [0.2, 0.25) is 0 Å². The summed E-state index contributed by atoms with van der Waals surface area (Å²) in [5.74, 6) is 0.114. The van der Waals surface area contributed by atoms with E-state index in [9.17, 15) is 22.4 Å². The van der Waals surface area contributed by atoms with E-state index < -0.39 is 13.0 Å². The van der Waals surface area contributed by atoms with E-state index in [0.29, 0.717) is 22.5 Å². The molecule has 0 aliphatic heterocycles. The van der Waals surface area contributed by atoms with Gasteiger partial charge in [-0.3, -0.25) is 4.74 Å². The van der Waals surface area contributed by atoms with Crippen molar-refractivity contribution in [3.8, 4) is 16.9 Å². The molecule has 32 heavy (non-hydrogen) atoms. The average molecular weight is 447 g/mol. The van der Waals surface area contributed by atoms with Crippen molar-refractivity contribution in [2.24, 2.45) is 0 Å². The van der Waals surface area contributed by atoms with Gasteiger partial charge in [0.15, 0.2) is 5.65 Å². The van der Waals surface area contributed by atoms with Gasteiger partial charge in [-0.05, 0) is 53.1 Å². The van der Waals surface area contributed by atoms with Gasteiger partial charge in [0.1, 0.15) is 18.2 Å². The van der Waals surface area contributed by atoms with Crippen molar-refractivity contribution in [1.29, 1.82) is 0 Å². The molecule has 0 aliphatic carbocycles. The minimum absolute atomic E-state index is 0.170. The SMILES string of the molecule is O=c1n(CCOc2ccc(F)cc2)nc2ccc(-c3ccc(COC(F)(F)F)cc3)cn12. The number of aromatic nitrogens is 3. The number of ether oxygens (including phenoxy) is 2. The van der Waals surface area contributed by atoms with Crippen LogP contribution in [0, 0.1) is 5.82 Å². The Hall–Kier alpha value is -3.66. The van der Waals surface area contributed by atoms with Crippen molar-refractivity contribution in [2.45, 2.75) is 19.5 Å². The number of fused-ring (bicyclic) bond motifs is 1. The lowest BCUT2D eigenvalue weighted by atomic mass is 10.1. The van der Waals surface area contributed by atoms with Crippen LogP contribution in [0.15, 0.2) is 71.7 Å². The molecule has 0 radical (unpaired) electrons. The summed E-state index contributed by atoms with van der Waals surface area (Å²) in [7, 11) is 0. The quantitative estimate of drug-likeness (QED) is 0.394. The molecule has 0 unspecified atom stereocenters. The fourth-order valence-electron chi connectivity index (χ4n) is 3.07. The van der Waals surface area contributed by atoms with Gasteiger partial charge < -0.3 is 4.74 Å². The van der Waals surface area contributed by atoms with Crippen LogP contribution in [-0.4, -0.2) is 27.2 Å². The summed E-state index contributed by atoms with van der Waals surface area (Å²) in [5.41, 5.74) is 1.88. The first-order valence-corrected chi connectivity index (χ1v) is 9.56. The van der Waals surface area contributed by atoms with Gasteiger partial charge in [0.25, 0.3) is 0 Å². The highest BCUT2D eigenvalue weighted by Crippen LogP contribution is 2.22. The average Bonchev–Trinajstić information content (AvgIpc) is 3.08. The number of pyridine rings is 1. The summed E-state index contributed by atoms with van der Waals surface area (Å²) in [6.45, 7) is -0.208. The lowest BCUT2D eigenvalue weighted by Crippen LogP contribution is -2.24. The summed E-state index contributed by atoms with van der Waals surface area (Å²) in [5, 5.41) is 4.26. The van der Waals surface area contributed by atoms with Gasteiger partial charge in [0.05, 0.1) is 13.2 Å². The smallest absolute Gasteiger partial charge is 0.492 e. The molecule has 0 N–H and O–H groups in total. The minimum atomic E-state index is -4.69. The van der Waals surface area contributed by atoms with E-state index in [4.69, 9.17) is 4.74 Å². The van der Waals surface area contributed by atoms with Crippen LogP contribution < -0.4 is 10.4 Å². The van der Waals surface area contributed by atoms with Crippen molar-refractivity contribution in [3.63, 3.8) is 0 Å². The van der Waals surface area contributed by atoms with Gasteiger partial charge >= 0.3 is 12.1 Å². The number of halogens is 4. The second kappa shape index (κ2) is 8.83. The molecule has 0 saturated heterocycles. The van der Waals surface area contributed by atoms with E-state index in [-0.39, 0.29) is 24.7 Å². The first kappa shape index (κ1) is 21.6. The highest BCUT2D eigenvalue weighted by atomic mass is 19.4. The molecule has 4 rings (SSSR count). The largest absolute Gasteiger partial charge is 0.522 e. The van der Waals surface area contributed by atoms with Gasteiger partial charge in [0, 0.05) is 6.20 Å². The topological polar surface area (TPSA) is 57.8 Å². The zero-order valence-corrected chi connectivity index (χ0v) is 16.6. The van der Waals surface area contributed by atoms with E-state index in [2.05, 4.69) is 9.84 Å². The van der Waals surface area contributed by atoms with Crippen LogP contribution in [0.1, 0.15) is 5.56 Å². The monoisotopic (exact) mass is 447 g/mol. The van der Waals surface area contributed by atoms with E-state index in [1.165, 1.54) is 45.5 Å². The van der Waals surface area contributed by atoms with Crippen LogP contribution in [0.5, 0.6) is 5.75 Å². The van der Waals surface area contributed by atoms with Crippen molar-refractivity contribution in [3.05, 3.63) is 88.7 Å². The minimum Gasteiger partial charge on any atom is -0.492 e. The zero-order chi connectivity index (χ0) is 22.7. The molecule has 166 valence electrons. The first-order chi connectivity index (χ1) is 15.3. The second-order valence-corrected chi connectivity index (χ2v) is 6.89. The molecule has 0 aliphatic rings. The second-order valence-electron chi connectivity index (χ2n) is 6.89. The highest BCUT2D eigenvalue weighted by molar-refractivity contribution is 5.64. The zero-order valence-electron chi connectivity index (χ0n) is 16.6. The van der Waals surface area contributed by atoms with Gasteiger partial charge in [0.2, 0.25) is 0 Å². The van der Waals surface area contributed by atoms with Crippen LogP contribution in [0.25, 0.3) is 16.8 Å². The number of hydrogen-bond acceptors (Lipinski definition) is 4. The Labute approximate surface area is 179 Å². The fraction of sp³-hybridized carbons (Fsp3) is 0.182. The predicted octanol–water partition coefficient (Wildman–Crippen LogP) is 4.42. The molecule has 0 fully saturated rings. The van der Waals surface area contributed by atoms with Gasteiger partial charge in [-0.1, -0.05) is 24.3 Å². The number of nitrogens with zero attached hydrogens (tertiary/aromatic N) is 3. The Morgan fingerprint density at radius 3 is 2.28 bits per heavy atom. The number of alkyl halides is 3.